The van der Waals surface area contributed by atoms with E-state index in [9.17, 15) is 4.79 Å². The van der Waals surface area contributed by atoms with Gasteiger partial charge in [-0.2, -0.15) is 0 Å². The Balaban J connectivity index is 2.23. The maximum absolute atomic E-state index is 11.4. The Labute approximate surface area is 115 Å². The van der Waals surface area contributed by atoms with Gasteiger partial charge in [0.1, 0.15) is 5.75 Å². The molecule has 0 spiro atoms. The highest BCUT2D eigenvalue weighted by atomic mass is 16.5. The van der Waals surface area contributed by atoms with Crippen molar-refractivity contribution in [3.05, 3.63) is 29.8 Å². The number of likely N-dealkylation sites (N-methyl/N-ethyl adjacent to an activating group) is 1. The van der Waals surface area contributed by atoms with Crippen molar-refractivity contribution in [1.29, 1.82) is 0 Å². The number of benzene rings is 1. The molecule has 0 unspecified atom stereocenters. The van der Waals surface area contributed by atoms with Crippen molar-refractivity contribution in [2.45, 2.75) is 26.2 Å². The standard InChI is InChI=1S/C15H24N2O2/c1-12(2)13-4-6-14(7-5-13)19-11-8-15(18)17-10-9-16-3/h4-7,12,16H,8-11H2,1-3H3,(H,17,18). The normalized spacial score (nSPS) is 10.5. The SMILES string of the molecule is CNCCNC(=O)CCOc1ccc(C(C)C)cc1. The summed E-state index contributed by atoms with van der Waals surface area (Å²) in [4.78, 5) is 11.4. The first kappa shape index (κ1) is 15.5. The van der Waals surface area contributed by atoms with Crippen molar-refractivity contribution in [2.24, 2.45) is 0 Å². The van der Waals surface area contributed by atoms with Crippen LogP contribution in [-0.4, -0.2) is 32.7 Å². The van der Waals surface area contributed by atoms with E-state index in [1.807, 2.05) is 19.2 Å². The number of carbonyl (C=O) groups excluding carboxylic acids is 1. The molecule has 1 amide bonds. The Kier molecular flexibility index (Phi) is 6.97. The molecule has 106 valence electrons. The molecule has 0 aliphatic heterocycles. The zero-order valence-corrected chi connectivity index (χ0v) is 12.0. The van der Waals surface area contributed by atoms with Gasteiger partial charge in [-0.1, -0.05) is 26.0 Å². The predicted octanol–water partition coefficient (Wildman–Crippen LogP) is 1.91. The van der Waals surface area contributed by atoms with Crippen LogP contribution in [0.2, 0.25) is 0 Å². The highest BCUT2D eigenvalue weighted by Gasteiger charge is 2.02. The van der Waals surface area contributed by atoms with Crippen LogP contribution >= 0.6 is 0 Å². The van der Waals surface area contributed by atoms with Gasteiger partial charge in [0.2, 0.25) is 5.91 Å². The van der Waals surface area contributed by atoms with Crippen LogP contribution in [-0.2, 0) is 4.79 Å². The lowest BCUT2D eigenvalue weighted by molar-refractivity contribution is -0.121. The van der Waals surface area contributed by atoms with Crippen molar-refractivity contribution in [3.63, 3.8) is 0 Å². The molecule has 0 atom stereocenters. The van der Waals surface area contributed by atoms with Crippen molar-refractivity contribution in [3.8, 4) is 5.75 Å². The van der Waals surface area contributed by atoms with E-state index in [2.05, 4.69) is 36.6 Å². The van der Waals surface area contributed by atoms with E-state index in [1.165, 1.54) is 5.56 Å². The van der Waals surface area contributed by atoms with Crippen molar-refractivity contribution < 1.29 is 9.53 Å². The molecule has 0 radical (unpaired) electrons. The van der Waals surface area contributed by atoms with Crippen LogP contribution in [0.1, 0.15) is 31.7 Å². The third kappa shape index (κ3) is 6.25. The Hall–Kier alpha value is -1.55. The van der Waals surface area contributed by atoms with Crippen molar-refractivity contribution in [2.75, 3.05) is 26.7 Å². The number of carbonyl (C=O) groups is 1. The first-order valence-electron chi connectivity index (χ1n) is 6.77. The zero-order chi connectivity index (χ0) is 14.1. The Morgan fingerprint density at radius 1 is 1.21 bits per heavy atom. The fourth-order valence-corrected chi connectivity index (χ4v) is 1.63. The van der Waals surface area contributed by atoms with E-state index < -0.39 is 0 Å². The summed E-state index contributed by atoms with van der Waals surface area (Å²) in [7, 11) is 1.86. The van der Waals surface area contributed by atoms with Crippen LogP contribution in [0.25, 0.3) is 0 Å². The summed E-state index contributed by atoms with van der Waals surface area (Å²) in [6, 6.07) is 8.03. The van der Waals surface area contributed by atoms with Crippen LogP contribution < -0.4 is 15.4 Å². The molecule has 0 saturated carbocycles. The highest BCUT2D eigenvalue weighted by molar-refractivity contribution is 5.75. The van der Waals surface area contributed by atoms with Crippen molar-refractivity contribution >= 4 is 5.91 Å². The number of amides is 1. The van der Waals surface area contributed by atoms with Gasteiger partial charge in [-0.3, -0.25) is 4.79 Å². The summed E-state index contributed by atoms with van der Waals surface area (Å²) < 4.78 is 5.54. The average molecular weight is 264 g/mol. The molecule has 0 fully saturated rings. The molecule has 4 nitrogen and oxygen atoms in total. The second-order valence-corrected chi connectivity index (χ2v) is 4.78. The second kappa shape index (κ2) is 8.53. The van der Waals surface area contributed by atoms with Crippen LogP contribution in [0, 0.1) is 0 Å². The minimum Gasteiger partial charge on any atom is -0.493 e. The molecule has 0 heterocycles. The topological polar surface area (TPSA) is 50.4 Å². The highest BCUT2D eigenvalue weighted by Crippen LogP contribution is 2.18. The molecule has 1 rings (SSSR count). The molecule has 0 bridgehead atoms. The lowest BCUT2D eigenvalue weighted by Gasteiger charge is -2.09. The summed E-state index contributed by atoms with van der Waals surface area (Å²) >= 11 is 0. The van der Waals surface area contributed by atoms with Gasteiger partial charge in [0.05, 0.1) is 13.0 Å². The van der Waals surface area contributed by atoms with E-state index in [0.717, 1.165) is 12.3 Å². The zero-order valence-electron chi connectivity index (χ0n) is 12.0. The Morgan fingerprint density at radius 3 is 2.47 bits per heavy atom. The Morgan fingerprint density at radius 2 is 1.89 bits per heavy atom. The first-order chi connectivity index (χ1) is 9.13. The van der Waals surface area contributed by atoms with Crippen LogP contribution in [0.4, 0.5) is 0 Å². The Bertz CT molecular complexity index is 374. The molecule has 0 aliphatic rings. The van der Waals surface area contributed by atoms with Gasteiger partial charge < -0.3 is 15.4 Å². The molecule has 2 N–H and O–H groups in total. The number of nitrogens with one attached hydrogen (secondary N) is 2. The third-order valence-electron chi connectivity index (χ3n) is 2.84. The van der Waals surface area contributed by atoms with Gasteiger partial charge in [0, 0.05) is 13.1 Å². The van der Waals surface area contributed by atoms with Gasteiger partial charge in [-0.05, 0) is 30.7 Å². The average Bonchev–Trinajstić information content (AvgIpc) is 2.39. The summed E-state index contributed by atoms with van der Waals surface area (Å²) in [5.74, 6) is 1.36. The largest absolute Gasteiger partial charge is 0.493 e. The van der Waals surface area contributed by atoms with E-state index in [0.29, 0.717) is 25.5 Å². The van der Waals surface area contributed by atoms with Crippen LogP contribution in [0.15, 0.2) is 24.3 Å². The summed E-state index contributed by atoms with van der Waals surface area (Å²) in [6.45, 7) is 6.16. The molecule has 0 aromatic heterocycles. The molecule has 19 heavy (non-hydrogen) atoms. The quantitative estimate of drug-likeness (QED) is 0.705. The number of hydrogen-bond acceptors (Lipinski definition) is 3. The van der Waals surface area contributed by atoms with Crippen LogP contribution in [0.5, 0.6) is 5.75 Å². The lowest BCUT2D eigenvalue weighted by atomic mass is 10.0. The summed E-state index contributed by atoms with van der Waals surface area (Å²) in [5.41, 5.74) is 1.29. The number of rotatable bonds is 8. The smallest absolute Gasteiger partial charge is 0.223 e. The molecular weight excluding hydrogens is 240 g/mol. The van der Waals surface area contributed by atoms with Gasteiger partial charge >= 0.3 is 0 Å². The maximum atomic E-state index is 11.4. The minimum absolute atomic E-state index is 0.0223. The van der Waals surface area contributed by atoms with Crippen LogP contribution in [0.3, 0.4) is 0 Å². The van der Waals surface area contributed by atoms with E-state index >= 15 is 0 Å². The van der Waals surface area contributed by atoms with E-state index in [-0.39, 0.29) is 5.91 Å². The predicted molar refractivity (Wildman–Crippen MR) is 77.6 cm³/mol. The third-order valence-corrected chi connectivity index (χ3v) is 2.84. The first-order valence-corrected chi connectivity index (χ1v) is 6.77. The summed E-state index contributed by atoms with van der Waals surface area (Å²) in [6.07, 6.45) is 0.385. The summed E-state index contributed by atoms with van der Waals surface area (Å²) in [5, 5.41) is 5.79. The molecule has 1 aromatic rings. The van der Waals surface area contributed by atoms with Gasteiger partial charge in [-0.25, -0.2) is 0 Å². The molecule has 0 aliphatic carbocycles. The molecule has 0 saturated heterocycles. The lowest BCUT2D eigenvalue weighted by Crippen LogP contribution is -2.31. The van der Waals surface area contributed by atoms with E-state index in [4.69, 9.17) is 4.74 Å². The van der Waals surface area contributed by atoms with Gasteiger partial charge in [0.15, 0.2) is 0 Å². The minimum atomic E-state index is 0.0223. The molecule has 1 aromatic carbocycles. The van der Waals surface area contributed by atoms with Gasteiger partial charge in [-0.15, -0.1) is 0 Å². The molecule has 4 heteroatoms. The van der Waals surface area contributed by atoms with Gasteiger partial charge in [0.25, 0.3) is 0 Å². The molecular formula is C15H24N2O2. The fraction of sp³-hybridized carbons (Fsp3) is 0.533. The number of hydrogen-bond donors (Lipinski definition) is 2. The maximum Gasteiger partial charge on any atom is 0.223 e. The van der Waals surface area contributed by atoms with E-state index in [1.54, 1.807) is 0 Å². The van der Waals surface area contributed by atoms with Crippen molar-refractivity contribution in [1.82, 2.24) is 10.6 Å². The number of ether oxygens (including phenoxy) is 1. The monoisotopic (exact) mass is 264 g/mol. The second-order valence-electron chi connectivity index (χ2n) is 4.78. The fourth-order valence-electron chi connectivity index (χ4n) is 1.63.